The Morgan fingerprint density at radius 1 is 1.07 bits per heavy atom. The molecular weight excluding hydrogens is 432 g/mol. The second kappa shape index (κ2) is 13.0. The molecule has 0 fully saturated rings. The third kappa shape index (κ3) is 8.69. The zero-order chi connectivity index (χ0) is 20.9. The normalized spacial score (nSPS) is 10.9. The first-order valence-electron chi connectivity index (χ1n) is 10.1. The lowest BCUT2D eigenvalue weighted by Gasteiger charge is -2.10. The van der Waals surface area contributed by atoms with Crippen LogP contribution >= 0.6 is 15.9 Å². The summed E-state index contributed by atoms with van der Waals surface area (Å²) in [7, 11) is 0. The number of hydrogen-bond donors (Lipinski definition) is 1. The van der Waals surface area contributed by atoms with E-state index in [1.165, 1.54) is 19.3 Å². The second-order valence-electron chi connectivity index (χ2n) is 6.67. The molecule has 1 N–H and O–H groups in total. The first-order chi connectivity index (χ1) is 14.1. The maximum absolute atomic E-state index is 11.9. The molecule has 29 heavy (non-hydrogen) atoms. The summed E-state index contributed by atoms with van der Waals surface area (Å²) in [5.41, 5.74) is 4.41. The van der Waals surface area contributed by atoms with Crippen molar-refractivity contribution in [3.05, 3.63) is 58.1 Å². The maximum Gasteiger partial charge on any atom is 0.277 e. The monoisotopic (exact) mass is 460 g/mol. The van der Waals surface area contributed by atoms with Crippen LogP contribution in [0.5, 0.6) is 11.5 Å². The summed E-state index contributed by atoms with van der Waals surface area (Å²) in [6, 6.07) is 13.4. The van der Waals surface area contributed by atoms with Gasteiger partial charge in [-0.15, -0.1) is 0 Å². The van der Waals surface area contributed by atoms with Crippen LogP contribution in [0.25, 0.3) is 0 Å². The van der Waals surface area contributed by atoms with E-state index in [4.69, 9.17) is 9.47 Å². The van der Waals surface area contributed by atoms with Crippen molar-refractivity contribution < 1.29 is 14.3 Å². The van der Waals surface area contributed by atoms with Crippen molar-refractivity contribution in [3.63, 3.8) is 0 Å². The van der Waals surface area contributed by atoms with Gasteiger partial charge in [0, 0.05) is 4.47 Å². The lowest BCUT2D eigenvalue weighted by molar-refractivity contribution is -0.123. The molecule has 1 amide bonds. The van der Waals surface area contributed by atoms with E-state index in [2.05, 4.69) is 33.4 Å². The average molecular weight is 461 g/mol. The molecule has 5 nitrogen and oxygen atoms in total. The van der Waals surface area contributed by atoms with E-state index in [9.17, 15) is 4.79 Å². The highest BCUT2D eigenvalue weighted by atomic mass is 79.9. The Kier molecular flexibility index (Phi) is 10.3. The van der Waals surface area contributed by atoms with Gasteiger partial charge >= 0.3 is 0 Å². The predicted octanol–water partition coefficient (Wildman–Crippen LogP) is 5.50. The molecule has 0 heterocycles. The van der Waals surface area contributed by atoms with E-state index >= 15 is 0 Å². The third-order valence-corrected chi connectivity index (χ3v) is 4.81. The zero-order valence-corrected chi connectivity index (χ0v) is 18.7. The zero-order valence-electron chi connectivity index (χ0n) is 17.1. The largest absolute Gasteiger partial charge is 0.494 e. The van der Waals surface area contributed by atoms with E-state index in [1.807, 2.05) is 49.4 Å². The molecule has 6 heteroatoms. The van der Waals surface area contributed by atoms with Gasteiger partial charge in [0.25, 0.3) is 5.91 Å². The van der Waals surface area contributed by atoms with Crippen molar-refractivity contribution in [2.45, 2.75) is 46.0 Å². The quantitative estimate of drug-likeness (QED) is 0.258. The number of unbranched alkanes of at least 4 members (excludes halogenated alkanes) is 3. The van der Waals surface area contributed by atoms with Gasteiger partial charge in [0.1, 0.15) is 11.5 Å². The minimum Gasteiger partial charge on any atom is -0.494 e. The summed E-state index contributed by atoms with van der Waals surface area (Å²) in [5, 5.41) is 3.98. The summed E-state index contributed by atoms with van der Waals surface area (Å²) in [4.78, 5) is 11.9. The molecule has 0 saturated carbocycles. The minimum atomic E-state index is -0.307. The topological polar surface area (TPSA) is 59.9 Å². The fourth-order valence-corrected chi connectivity index (χ4v) is 3.10. The van der Waals surface area contributed by atoms with Crippen molar-refractivity contribution in [1.82, 2.24) is 5.43 Å². The Labute approximate surface area is 181 Å². The lowest BCUT2D eigenvalue weighted by Crippen LogP contribution is -2.24. The van der Waals surface area contributed by atoms with Crippen LogP contribution in [0.2, 0.25) is 0 Å². The number of nitrogens with zero attached hydrogens (tertiary/aromatic N) is 1. The Hall–Kier alpha value is -2.34. The number of carbonyl (C=O) groups is 1. The summed E-state index contributed by atoms with van der Waals surface area (Å²) in [6.45, 7) is 4.89. The van der Waals surface area contributed by atoms with Gasteiger partial charge in [-0.2, -0.15) is 5.10 Å². The fourth-order valence-electron chi connectivity index (χ4n) is 2.69. The number of amides is 1. The molecule has 0 aliphatic rings. The van der Waals surface area contributed by atoms with Gasteiger partial charge in [-0.1, -0.05) is 49.0 Å². The van der Waals surface area contributed by atoms with Crippen molar-refractivity contribution >= 4 is 28.1 Å². The summed E-state index contributed by atoms with van der Waals surface area (Å²) >= 11 is 3.44. The SMILES string of the molecule is CCCCCCOc1ccc(/C=N/NC(=O)COc2ccc(Br)cc2CC)cc1. The number of nitrogens with one attached hydrogen (secondary N) is 1. The van der Waals surface area contributed by atoms with Gasteiger partial charge in [-0.05, 0) is 66.4 Å². The Morgan fingerprint density at radius 3 is 2.59 bits per heavy atom. The van der Waals surface area contributed by atoms with Crippen molar-refractivity contribution in [2.75, 3.05) is 13.2 Å². The first kappa shape index (κ1) is 22.9. The minimum absolute atomic E-state index is 0.0865. The number of ether oxygens (including phenoxy) is 2. The molecule has 0 aromatic heterocycles. The van der Waals surface area contributed by atoms with Gasteiger partial charge in [0.2, 0.25) is 0 Å². The van der Waals surface area contributed by atoms with Gasteiger partial charge in [-0.25, -0.2) is 5.43 Å². The van der Waals surface area contributed by atoms with Crippen molar-refractivity contribution in [1.29, 1.82) is 0 Å². The van der Waals surface area contributed by atoms with E-state index in [0.717, 1.165) is 40.8 Å². The maximum atomic E-state index is 11.9. The van der Waals surface area contributed by atoms with Crippen molar-refractivity contribution in [3.8, 4) is 11.5 Å². The average Bonchev–Trinajstić information content (AvgIpc) is 2.73. The van der Waals surface area contributed by atoms with Crippen LogP contribution in [0.1, 0.15) is 50.7 Å². The number of carbonyl (C=O) groups excluding carboxylic acids is 1. The Balaban J connectivity index is 1.72. The van der Waals surface area contributed by atoms with E-state index in [1.54, 1.807) is 6.21 Å². The Morgan fingerprint density at radius 2 is 1.86 bits per heavy atom. The molecule has 0 aliphatic carbocycles. The third-order valence-electron chi connectivity index (χ3n) is 4.31. The summed E-state index contributed by atoms with van der Waals surface area (Å²) < 4.78 is 12.3. The first-order valence-corrected chi connectivity index (χ1v) is 10.9. The summed E-state index contributed by atoms with van der Waals surface area (Å²) in [6.07, 6.45) is 7.17. The molecule has 2 rings (SSSR count). The number of rotatable bonds is 12. The van der Waals surface area contributed by atoms with Crippen LogP contribution in [0.3, 0.4) is 0 Å². The highest BCUT2D eigenvalue weighted by Gasteiger charge is 2.06. The second-order valence-corrected chi connectivity index (χ2v) is 7.58. The molecule has 0 atom stereocenters. The molecule has 0 unspecified atom stereocenters. The van der Waals surface area contributed by atoms with Gasteiger partial charge in [-0.3, -0.25) is 4.79 Å². The molecule has 2 aromatic carbocycles. The van der Waals surface area contributed by atoms with Crippen LogP contribution in [-0.4, -0.2) is 25.3 Å². The molecule has 2 aromatic rings. The van der Waals surface area contributed by atoms with E-state index in [0.29, 0.717) is 5.75 Å². The molecule has 0 saturated heterocycles. The fraction of sp³-hybridized carbons (Fsp3) is 0.391. The van der Waals surface area contributed by atoms with Gasteiger partial charge in [0.05, 0.1) is 12.8 Å². The van der Waals surface area contributed by atoms with E-state index < -0.39 is 0 Å². The number of hydrazone groups is 1. The number of hydrogen-bond acceptors (Lipinski definition) is 4. The highest BCUT2D eigenvalue weighted by Crippen LogP contribution is 2.23. The smallest absolute Gasteiger partial charge is 0.277 e. The standard InChI is InChI=1S/C23H29BrN2O3/c1-3-5-6-7-14-28-21-11-8-18(9-12-21)16-25-26-23(27)17-29-22-13-10-20(24)15-19(22)4-2/h8-13,15-16H,3-7,14,17H2,1-2H3,(H,26,27)/b25-16+. The van der Waals surface area contributed by atoms with Crippen LogP contribution in [0, 0.1) is 0 Å². The van der Waals surface area contributed by atoms with Crippen LogP contribution in [0.4, 0.5) is 0 Å². The number of halogens is 1. The summed E-state index contributed by atoms with van der Waals surface area (Å²) in [5.74, 6) is 1.25. The number of benzene rings is 2. The molecular formula is C23H29BrN2O3. The number of aryl methyl sites for hydroxylation is 1. The molecule has 156 valence electrons. The van der Waals surface area contributed by atoms with Gasteiger partial charge < -0.3 is 9.47 Å². The molecule has 0 radical (unpaired) electrons. The predicted molar refractivity (Wildman–Crippen MR) is 121 cm³/mol. The molecule has 0 bridgehead atoms. The molecule has 0 spiro atoms. The Bertz CT molecular complexity index is 791. The van der Waals surface area contributed by atoms with Crippen LogP contribution in [0.15, 0.2) is 52.0 Å². The molecule has 0 aliphatic heterocycles. The van der Waals surface area contributed by atoms with Gasteiger partial charge in [0.15, 0.2) is 6.61 Å². The van der Waals surface area contributed by atoms with Crippen LogP contribution < -0.4 is 14.9 Å². The highest BCUT2D eigenvalue weighted by molar-refractivity contribution is 9.10. The van der Waals surface area contributed by atoms with E-state index in [-0.39, 0.29) is 12.5 Å². The van der Waals surface area contributed by atoms with Crippen LogP contribution in [-0.2, 0) is 11.2 Å². The van der Waals surface area contributed by atoms with Crippen molar-refractivity contribution in [2.24, 2.45) is 5.10 Å². The lowest BCUT2D eigenvalue weighted by atomic mass is 10.1.